The van der Waals surface area contributed by atoms with Gasteiger partial charge in [0.05, 0.1) is 5.69 Å². The average Bonchev–Trinajstić information content (AvgIpc) is 2.75. The largest absolute Gasteiger partial charge is 0.324 e. The third kappa shape index (κ3) is 2.06. The number of hydrogen-bond donors (Lipinski definition) is 1. The Balaban J connectivity index is 2.16. The van der Waals surface area contributed by atoms with Crippen molar-refractivity contribution in [3.8, 4) is 5.69 Å². The zero-order valence-corrected chi connectivity index (χ0v) is 12.3. The molecule has 3 rings (SSSR count). The summed E-state index contributed by atoms with van der Waals surface area (Å²) in [6, 6.07) is 7.39. The summed E-state index contributed by atoms with van der Waals surface area (Å²) in [4.78, 5) is 0. The van der Waals surface area contributed by atoms with Crippen molar-refractivity contribution in [3.63, 3.8) is 0 Å². The van der Waals surface area contributed by atoms with Crippen LogP contribution in [0, 0.1) is 18.2 Å². The first-order valence-corrected chi connectivity index (χ1v) is 7.10. The van der Waals surface area contributed by atoms with E-state index in [-0.39, 0.29) is 17.3 Å². The second-order valence-electron chi connectivity index (χ2n) is 6.62. The highest BCUT2D eigenvalue weighted by molar-refractivity contribution is 5.46. The van der Waals surface area contributed by atoms with Gasteiger partial charge >= 0.3 is 0 Å². The molecule has 2 nitrogen and oxygen atoms in total. The Bertz CT molecular complexity index is 655. The van der Waals surface area contributed by atoms with Crippen LogP contribution in [0.25, 0.3) is 5.69 Å². The fraction of sp³-hybridized carbons (Fsp3) is 0.412. The first-order valence-electron chi connectivity index (χ1n) is 7.10. The summed E-state index contributed by atoms with van der Waals surface area (Å²) in [5, 5.41) is 0. The van der Waals surface area contributed by atoms with Crippen LogP contribution in [0.3, 0.4) is 0 Å². The van der Waals surface area contributed by atoms with Crippen molar-refractivity contribution >= 4 is 0 Å². The van der Waals surface area contributed by atoms with Crippen LogP contribution in [-0.4, -0.2) is 4.57 Å². The summed E-state index contributed by atoms with van der Waals surface area (Å²) in [5.41, 5.74) is 10.5. The van der Waals surface area contributed by atoms with Gasteiger partial charge in [-0.25, -0.2) is 4.39 Å². The molecule has 0 aliphatic heterocycles. The van der Waals surface area contributed by atoms with Gasteiger partial charge in [-0.1, -0.05) is 19.9 Å². The van der Waals surface area contributed by atoms with Gasteiger partial charge in [-0.15, -0.1) is 0 Å². The molecule has 0 bridgehead atoms. The summed E-state index contributed by atoms with van der Waals surface area (Å²) >= 11 is 0. The number of benzene rings is 1. The van der Waals surface area contributed by atoms with E-state index in [9.17, 15) is 4.39 Å². The highest BCUT2D eigenvalue weighted by Gasteiger charge is 2.32. The molecule has 1 aliphatic carbocycles. The number of nitrogens with two attached hydrogens (primary N) is 1. The van der Waals surface area contributed by atoms with Crippen LogP contribution in [0.15, 0.2) is 30.5 Å². The Morgan fingerprint density at radius 3 is 2.80 bits per heavy atom. The van der Waals surface area contributed by atoms with Crippen molar-refractivity contribution in [1.82, 2.24) is 4.57 Å². The predicted molar refractivity (Wildman–Crippen MR) is 79.5 cm³/mol. The van der Waals surface area contributed by atoms with Gasteiger partial charge in [0.2, 0.25) is 0 Å². The summed E-state index contributed by atoms with van der Waals surface area (Å²) in [7, 11) is 0. The van der Waals surface area contributed by atoms with Crippen molar-refractivity contribution in [2.75, 3.05) is 0 Å². The number of halogens is 1. The van der Waals surface area contributed by atoms with E-state index >= 15 is 0 Å². The molecular formula is C17H21FN2. The predicted octanol–water partition coefficient (Wildman–Crippen LogP) is 3.90. The van der Waals surface area contributed by atoms with E-state index in [4.69, 9.17) is 5.73 Å². The van der Waals surface area contributed by atoms with E-state index < -0.39 is 0 Å². The number of rotatable bonds is 1. The molecule has 1 aliphatic rings. The van der Waals surface area contributed by atoms with Crippen LogP contribution in [0.2, 0.25) is 0 Å². The number of nitrogens with zero attached hydrogens (tertiary/aromatic N) is 1. The van der Waals surface area contributed by atoms with Crippen LogP contribution in [0.4, 0.5) is 4.39 Å². The topological polar surface area (TPSA) is 30.9 Å². The molecule has 0 saturated heterocycles. The Labute approximate surface area is 119 Å². The molecule has 2 N–H and O–H groups in total. The van der Waals surface area contributed by atoms with E-state index in [1.54, 1.807) is 6.07 Å². The summed E-state index contributed by atoms with van der Waals surface area (Å²) in [5.74, 6) is -0.163. The van der Waals surface area contributed by atoms with E-state index in [1.165, 1.54) is 17.3 Å². The van der Waals surface area contributed by atoms with Gasteiger partial charge in [0, 0.05) is 23.5 Å². The lowest BCUT2D eigenvalue weighted by molar-refractivity contribution is 0.278. The summed E-state index contributed by atoms with van der Waals surface area (Å²) in [6.45, 7) is 6.31. The molecule has 0 amide bonds. The zero-order valence-electron chi connectivity index (χ0n) is 12.3. The fourth-order valence-electron chi connectivity index (χ4n) is 3.32. The summed E-state index contributed by atoms with van der Waals surface area (Å²) in [6.07, 6.45) is 3.98. The molecule has 0 spiro atoms. The van der Waals surface area contributed by atoms with Crippen molar-refractivity contribution in [1.29, 1.82) is 0 Å². The maximum absolute atomic E-state index is 13.8. The molecule has 2 aromatic rings. The lowest BCUT2D eigenvalue weighted by atomic mass is 9.74. The molecule has 1 aromatic heterocycles. The summed E-state index contributed by atoms with van der Waals surface area (Å²) < 4.78 is 15.9. The normalized spacial score (nSPS) is 20.8. The molecular weight excluding hydrogens is 251 g/mol. The van der Waals surface area contributed by atoms with Gasteiger partial charge in [0.1, 0.15) is 5.82 Å². The Morgan fingerprint density at radius 1 is 1.30 bits per heavy atom. The lowest BCUT2D eigenvalue weighted by Crippen LogP contribution is -2.30. The van der Waals surface area contributed by atoms with Gasteiger partial charge in [0.15, 0.2) is 0 Å². The van der Waals surface area contributed by atoms with Crippen LogP contribution < -0.4 is 5.73 Å². The molecule has 3 heteroatoms. The van der Waals surface area contributed by atoms with Crippen LogP contribution in [0.5, 0.6) is 0 Å². The van der Waals surface area contributed by atoms with Crippen molar-refractivity contribution in [2.45, 2.75) is 39.7 Å². The molecule has 106 valence electrons. The van der Waals surface area contributed by atoms with Gasteiger partial charge in [-0.05, 0) is 48.9 Å². The maximum Gasteiger partial charge on any atom is 0.128 e. The average molecular weight is 272 g/mol. The number of hydrogen-bond acceptors (Lipinski definition) is 1. The minimum absolute atomic E-state index is 0.0730. The Kier molecular flexibility index (Phi) is 2.98. The first-order chi connectivity index (χ1) is 9.39. The Morgan fingerprint density at radius 2 is 2.05 bits per heavy atom. The first kappa shape index (κ1) is 13.4. The SMILES string of the molecule is Cc1c(F)cccc1-n1ccc2c1CC(C)(C)CC2N. The van der Waals surface area contributed by atoms with Gasteiger partial charge in [0.25, 0.3) is 0 Å². The smallest absolute Gasteiger partial charge is 0.128 e. The van der Waals surface area contributed by atoms with Crippen molar-refractivity contribution in [2.24, 2.45) is 11.1 Å². The molecule has 0 fully saturated rings. The van der Waals surface area contributed by atoms with Crippen molar-refractivity contribution < 1.29 is 4.39 Å². The highest BCUT2D eigenvalue weighted by atomic mass is 19.1. The minimum atomic E-state index is -0.163. The highest BCUT2D eigenvalue weighted by Crippen LogP contribution is 2.41. The van der Waals surface area contributed by atoms with E-state index in [1.807, 2.05) is 19.2 Å². The third-order valence-corrected chi connectivity index (χ3v) is 4.34. The van der Waals surface area contributed by atoms with E-state index in [2.05, 4.69) is 24.5 Å². The van der Waals surface area contributed by atoms with Crippen LogP contribution >= 0.6 is 0 Å². The second-order valence-corrected chi connectivity index (χ2v) is 6.62. The monoisotopic (exact) mass is 272 g/mol. The maximum atomic E-state index is 13.8. The van der Waals surface area contributed by atoms with E-state index in [0.717, 1.165) is 18.5 Å². The molecule has 1 heterocycles. The molecule has 0 radical (unpaired) electrons. The number of aromatic nitrogens is 1. The second kappa shape index (κ2) is 4.45. The Hall–Kier alpha value is -1.61. The molecule has 0 saturated carbocycles. The van der Waals surface area contributed by atoms with Crippen molar-refractivity contribution in [3.05, 3.63) is 53.1 Å². The molecule has 1 aromatic carbocycles. The van der Waals surface area contributed by atoms with E-state index in [0.29, 0.717) is 5.56 Å². The molecule has 20 heavy (non-hydrogen) atoms. The van der Waals surface area contributed by atoms with Gasteiger partial charge in [-0.2, -0.15) is 0 Å². The lowest BCUT2D eigenvalue weighted by Gasteiger charge is -2.34. The third-order valence-electron chi connectivity index (χ3n) is 4.34. The minimum Gasteiger partial charge on any atom is -0.324 e. The van der Waals surface area contributed by atoms with Crippen LogP contribution in [-0.2, 0) is 6.42 Å². The van der Waals surface area contributed by atoms with Gasteiger partial charge < -0.3 is 10.3 Å². The van der Waals surface area contributed by atoms with Gasteiger partial charge in [-0.3, -0.25) is 0 Å². The standard InChI is InChI=1S/C17H21FN2/c1-11-13(18)5-4-6-15(11)20-8-7-12-14(19)9-17(2,3)10-16(12)20/h4-8,14H,9-10,19H2,1-3H3. The number of fused-ring (bicyclic) bond motifs is 1. The fourth-order valence-corrected chi connectivity index (χ4v) is 3.32. The molecule has 1 unspecified atom stereocenters. The quantitative estimate of drug-likeness (QED) is 0.838. The molecule has 1 atom stereocenters. The van der Waals surface area contributed by atoms with Crippen LogP contribution in [0.1, 0.15) is 43.1 Å². The zero-order chi connectivity index (χ0) is 14.5.